The van der Waals surface area contributed by atoms with Crippen molar-refractivity contribution < 1.29 is 9.90 Å². The minimum absolute atomic E-state index is 0.0359. The molecule has 2 N–H and O–H groups in total. The maximum Gasteiger partial charge on any atom is 0.235 e. The smallest absolute Gasteiger partial charge is 0.235 e. The van der Waals surface area contributed by atoms with E-state index in [9.17, 15) is 4.79 Å². The second-order valence-corrected chi connectivity index (χ2v) is 3.57. The maximum atomic E-state index is 10.9. The van der Waals surface area contributed by atoms with Crippen LogP contribution in [-0.4, -0.2) is 34.7 Å². The number of carbonyl (C=O) groups excluding carboxylic acids is 1. The van der Waals surface area contributed by atoms with E-state index in [-0.39, 0.29) is 11.2 Å². The summed E-state index contributed by atoms with van der Waals surface area (Å²) in [5, 5.41) is 11.5. The topological polar surface area (TPSA) is 49.3 Å². The molecule has 0 bridgehead atoms. The molecule has 4 heteroatoms. The van der Waals surface area contributed by atoms with Crippen LogP contribution in [0.4, 0.5) is 0 Å². The Kier molecular flexibility index (Phi) is 2.56. The third-order valence-electron chi connectivity index (χ3n) is 1.40. The van der Waals surface area contributed by atoms with Gasteiger partial charge in [-0.3, -0.25) is 4.79 Å². The van der Waals surface area contributed by atoms with Crippen LogP contribution in [0.15, 0.2) is 0 Å². The first-order chi connectivity index (χ1) is 4.72. The van der Waals surface area contributed by atoms with Gasteiger partial charge in [-0.25, -0.2) is 0 Å². The van der Waals surface area contributed by atoms with Gasteiger partial charge < -0.3 is 10.4 Å². The van der Waals surface area contributed by atoms with Gasteiger partial charge in [0, 0.05) is 12.3 Å². The zero-order valence-electron chi connectivity index (χ0n) is 5.83. The van der Waals surface area contributed by atoms with Crippen LogP contribution in [0.2, 0.25) is 0 Å². The predicted octanol–water partition coefficient (Wildman–Crippen LogP) is -0.401. The summed E-state index contributed by atoms with van der Waals surface area (Å²) in [7, 11) is 0. The zero-order valence-corrected chi connectivity index (χ0v) is 6.65. The van der Waals surface area contributed by atoms with Gasteiger partial charge in [-0.05, 0) is 6.92 Å². The van der Waals surface area contributed by atoms with Crippen molar-refractivity contribution in [1.29, 1.82) is 0 Å². The largest absolute Gasteiger partial charge is 0.392 e. The Morgan fingerprint density at radius 3 is 3.00 bits per heavy atom. The first-order valence-corrected chi connectivity index (χ1v) is 4.34. The number of amides is 1. The van der Waals surface area contributed by atoms with Crippen molar-refractivity contribution in [3.63, 3.8) is 0 Å². The molecule has 2 atom stereocenters. The molecule has 10 heavy (non-hydrogen) atoms. The van der Waals surface area contributed by atoms with E-state index >= 15 is 0 Å². The third-order valence-corrected chi connectivity index (χ3v) is 2.80. The van der Waals surface area contributed by atoms with Crippen LogP contribution < -0.4 is 5.32 Å². The minimum Gasteiger partial charge on any atom is -0.392 e. The van der Waals surface area contributed by atoms with Crippen molar-refractivity contribution in [2.24, 2.45) is 0 Å². The number of aliphatic hydroxyl groups excluding tert-OH is 1. The second kappa shape index (κ2) is 3.25. The number of nitrogens with one attached hydrogen (secondary N) is 1. The Hall–Kier alpha value is -0.220. The lowest BCUT2D eigenvalue weighted by Gasteiger charge is -2.23. The summed E-state index contributed by atoms with van der Waals surface area (Å²) >= 11 is 1.52. The van der Waals surface area contributed by atoms with Crippen molar-refractivity contribution in [2.45, 2.75) is 18.3 Å². The summed E-state index contributed by atoms with van der Waals surface area (Å²) < 4.78 is 0. The molecule has 1 saturated heterocycles. The van der Waals surface area contributed by atoms with Crippen LogP contribution in [0.5, 0.6) is 0 Å². The molecule has 0 unspecified atom stereocenters. The van der Waals surface area contributed by atoms with Crippen molar-refractivity contribution in [2.75, 3.05) is 12.3 Å². The molecule has 1 rings (SSSR count). The molecule has 3 nitrogen and oxygen atoms in total. The highest BCUT2D eigenvalue weighted by Crippen LogP contribution is 2.17. The van der Waals surface area contributed by atoms with Gasteiger partial charge in [0.15, 0.2) is 0 Å². The molecule has 0 radical (unpaired) electrons. The molecule has 0 spiro atoms. The van der Waals surface area contributed by atoms with Crippen LogP contribution in [0.25, 0.3) is 0 Å². The number of aliphatic hydroxyl groups is 1. The van der Waals surface area contributed by atoms with Gasteiger partial charge in [0.2, 0.25) is 5.91 Å². The van der Waals surface area contributed by atoms with Crippen LogP contribution in [0.1, 0.15) is 6.92 Å². The summed E-state index contributed by atoms with van der Waals surface area (Å²) in [5.41, 5.74) is 0. The minimum atomic E-state index is -0.537. The number of thioether (sulfide) groups is 1. The molecule has 1 aliphatic heterocycles. The van der Waals surface area contributed by atoms with Gasteiger partial charge >= 0.3 is 0 Å². The fourth-order valence-electron chi connectivity index (χ4n) is 0.895. The maximum absolute atomic E-state index is 10.9. The average Bonchev–Trinajstić information content (AvgIpc) is 1.88. The monoisotopic (exact) mass is 161 g/mol. The Balaban J connectivity index is 2.48. The van der Waals surface area contributed by atoms with E-state index in [0.29, 0.717) is 0 Å². The van der Waals surface area contributed by atoms with E-state index in [0.717, 1.165) is 12.3 Å². The van der Waals surface area contributed by atoms with Gasteiger partial charge in [0.25, 0.3) is 0 Å². The normalized spacial score (nSPS) is 29.4. The third kappa shape index (κ3) is 1.64. The van der Waals surface area contributed by atoms with Crippen LogP contribution in [0.3, 0.4) is 0 Å². The molecule has 0 aromatic rings. The summed E-state index contributed by atoms with van der Waals surface area (Å²) in [6, 6.07) is 0. The highest BCUT2D eigenvalue weighted by molar-refractivity contribution is 8.00. The summed E-state index contributed by atoms with van der Waals surface area (Å²) in [5.74, 6) is 0.868. The first-order valence-electron chi connectivity index (χ1n) is 3.29. The first kappa shape index (κ1) is 7.88. The van der Waals surface area contributed by atoms with Gasteiger partial charge in [-0.1, -0.05) is 0 Å². The summed E-state index contributed by atoms with van der Waals surface area (Å²) in [4.78, 5) is 10.9. The quantitative estimate of drug-likeness (QED) is 0.550. The number of rotatable bonds is 1. The number of hydrogen-bond acceptors (Lipinski definition) is 3. The summed E-state index contributed by atoms with van der Waals surface area (Å²) in [6.07, 6.45) is -0.537. The fourth-order valence-corrected chi connectivity index (χ4v) is 1.88. The fraction of sp³-hybridized carbons (Fsp3) is 0.833. The average molecular weight is 161 g/mol. The number of hydrogen-bond donors (Lipinski definition) is 2. The molecule has 0 aromatic carbocycles. The Labute approximate surface area is 64.2 Å². The lowest BCUT2D eigenvalue weighted by Crippen LogP contribution is -2.44. The molecule has 1 fully saturated rings. The standard InChI is InChI=1S/C6H11NO2S/c1-4(8)5-6(9)7-2-3-10-5/h4-5,8H,2-3H2,1H3,(H,7,9)/t4-,5-/m0/s1. The molecule has 1 amide bonds. The molecule has 0 saturated carbocycles. The van der Waals surface area contributed by atoms with Crippen LogP contribution in [0, 0.1) is 0 Å². The Morgan fingerprint density at radius 1 is 1.90 bits per heavy atom. The number of carbonyl (C=O) groups is 1. The highest BCUT2D eigenvalue weighted by Gasteiger charge is 2.26. The van der Waals surface area contributed by atoms with E-state index < -0.39 is 6.10 Å². The van der Waals surface area contributed by atoms with Crippen LogP contribution >= 0.6 is 11.8 Å². The molecular formula is C6H11NO2S. The van der Waals surface area contributed by atoms with Crippen molar-refractivity contribution in [1.82, 2.24) is 5.32 Å². The Bertz CT molecular complexity index is 138. The molecule has 58 valence electrons. The van der Waals surface area contributed by atoms with Crippen molar-refractivity contribution in [3.05, 3.63) is 0 Å². The van der Waals surface area contributed by atoms with E-state index in [4.69, 9.17) is 5.11 Å². The van der Waals surface area contributed by atoms with Crippen molar-refractivity contribution >= 4 is 17.7 Å². The van der Waals surface area contributed by atoms with Gasteiger partial charge in [0.05, 0.1) is 6.10 Å². The second-order valence-electron chi connectivity index (χ2n) is 2.32. The van der Waals surface area contributed by atoms with Gasteiger partial charge in [0.1, 0.15) is 5.25 Å². The molecular weight excluding hydrogens is 150 g/mol. The van der Waals surface area contributed by atoms with Gasteiger partial charge in [-0.2, -0.15) is 0 Å². The van der Waals surface area contributed by atoms with Crippen molar-refractivity contribution in [3.8, 4) is 0 Å². The molecule has 0 aliphatic carbocycles. The lowest BCUT2D eigenvalue weighted by molar-refractivity contribution is -0.122. The van der Waals surface area contributed by atoms with E-state index in [1.807, 2.05) is 0 Å². The Morgan fingerprint density at radius 2 is 2.60 bits per heavy atom. The van der Waals surface area contributed by atoms with Gasteiger partial charge in [-0.15, -0.1) is 11.8 Å². The zero-order chi connectivity index (χ0) is 7.56. The van der Waals surface area contributed by atoms with E-state index in [1.165, 1.54) is 11.8 Å². The predicted molar refractivity (Wildman–Crippen MR) is 40.9 cm³/mol. The lowest BCUT2D eigenvalue weighted by atomic mass is 10.2. The van der Waals surface area contributed by atoms with E-state index in [2.05, 4.69) is 5.32 Å². The van der Waals surface area contributed by atoms with Crippen LogP contribution in [-0.2, 0) is 4.79 Å². The van der Waals surface area contributed by atoms with E-state index in [1.54, 1.807) is 6.92 Å². The molecule has 1 aliphatic rings. The SMILES string of the molecule is C[C@H](O)[C@@H]1SCCNC1=O. The molecule has 0 aromatic heterocycles. The highest BCUT2D eigenvalue weighted by atomic mass is 32.2. The summed E-state index contributed by atoms with van der Waals surface area (Å²) in [6.45, 7) is 2.37. The molecule has 1 heterocycles.